The van der Waals surface area contributed by atoms with Crippen LogP contribution in [0, 0.1) is 6.92 Å². The largest absolute Gasteiger partial charge is 0.381 e. The van der Waals surface area contributed by atoms with Crippen molar-refractivity contribution in [1.29, 1.82) is 0 Å². The molecule has 0 aliphatic heterocycles. The predicted octanol–water partition coefficient (Wildman–Crippen LogP) is 1.69. The van der Waals surface area contributed by atoms with Crippen LogP contribution in [0.25, 0.3) is 0 Å². The zero-order chi connectivity index (χ0) is 9.14. The van der Waals surface area contributed by atoms with Crippen LogP contribution >= 0.6 is 0 Å². The highest BCUT2D eigenvalue weighted by Gasteiger charge is 2.19. The molecule has 0 aliphatic rings. The number of pyridine rings is 1. The third-order valence-corrected chi connectivity index (χ3v) is 1.48. The quantitative estimate of drug-likeness (QED) is 0.738. The van der Waals surface area contributed by atoms with Crippen molar-refractivity contribution in [2.45, 2.75) is 19.5 Å². The summed E-state index contributed by atoms with van der Waals surface area (Å²) in [7, 11) is 0. The summed E-state index contributed by atoms with van der Waals surface area (Å²) in [5.41, 5.74) is 0.885. The average molecular weight is 173 g/mol. The lowest BCUT2D eigenvalue weighted by Gasteiger charge is -2.07. The Morgan fingerprint density at radius 3 is 2.50 bits per heavy atom. The molecule has 1 N–H and O–H groups in total. The van der Waals surface area contributed by atoms with Gasteiger partial charge < -0.3 is 5.11 Å². The highest BCUT2D eigenvalue weighted by atomic mass is 19.3. The van der Waals surface area contributed by atoms with Crippen LogP contribution in [-0.4, -0.2) is 16.5 Å². The number of aryl methyl sites for hydroxylation is 1. The van der Waals surface area contributed by atoms with Crippen molar-refractivity contribution < 1.29 is 13.9 Å². The van der Waals surface area contributed by atoms with Gasteiger partial charge in [0.2, 0.25) is 0 Å². The van der Waals surface area contributed by atoms with Crippen LogP contribution in [0.2, 0.25) is 0 Å². The van der Waals surface area contributed by atoms with E-state index in [1.54, 1.807) is 13.0 Å². The molecule has 1 aromatic heterocycles. The van der Waals surface area contributed by atoms with Gasteiger partial charge in [0.15, 0.2) is 6.10 Å². The van der Waals surface area contributed by atoms with E-state index in [4.69, 9.17) is 5.11 Å². The molecular weight excluding hydrogens is 164 g/mol. The zero-order valence-electron chi connectivity index (χ0n) is 6.54. The second kappa shape index (κ2) is 3.58. The van der Waals surface area contributed by atoms with Gasteiger partial charge in [0.05, 0.1) is 5.69 Å². The van der Waals surface area contributed by atoms with Crippen molar-refractivity contribution in [1.82, 2.24) is 4.98 Å². The number of alkyl halides is 2. The van der Waals surface area contributed by atoms with Gasteiger partial charge in [0.25, 0.3) is 6.43 Å². The lowest BCUT2D eigenvalue weighted by atomic mass is 10.2. The van der Waals surface area contributed by atoms with Crippen molar-refractivity contribution in [2.24, 2.45) is 0 Å². The molecule has 1 unspecified atom stereocenters. The summed E-state index contributed by atoms with van der Waals surface area (Å²) in [5, 5.41) is 8.88. The predicted molar refractivity (Wildman–Crippen MR) is 39.9 cm³/mol. The molecule has 1 heterocycles. The Balaban J connectivity index is 2.82. The Morgan fingerprint density at radius 1 is 1.42 bits per heavy atom. The highest BCUT2D eigenvalue weighted by Crippen LogP contribution is 2.17. The summed E-state index contributed by atoms with van der Waals surface area (Å²) in [6, 6.07) is 3.03. The average Bonchev–Trinajstić information content (AvgIpc) is 2.04. The van der Waals surface area contributed by atoms with Gasteiger partial charge in [-0.25, -0.2) is 8.78 Å². The van der Waals surface area contributed by atoms with Crippen LogP contribution in [0.4, 0.5) is 8.78 Å². The molecule has 1 atom stereocenters. The van der Waals surface area contributed by atoms with E-state index in [1.807, 2.05) is 0 Å². The monoisotopic (exact) mass is 173 g/mol. The fourth-order valence-electron chi connectivity index (χ4n) is 0.783. The highest BCUT2D eigenvalue weighted by molar-refractivity contribution is 5.14. The number of aliphatic hydroxyl groups excluding tert-OH is 1. The Hall–Kier alpha value is -1.03. The van der Waals surface area contributed by atoms with E-state index in [0.29, 0.717) is 0 Å². The minimum Gasteiger partial charge on any atom is -0.381 e. The number of hydrogen-bond acceptors (Lipinski definition) is 2. The van der Waals surface area contributed by atoms with Gasteiger partial charge in [-0.15, -0.1) is 0 Å². The zero-order valence-corrected chi connectivity index (χ0v) is 6.54. The molecule has 2 nitrogen and oxygen atoms in total. The molecule has 0 amide bonds. The van der Waals surface area contributed by atoms with E-state index in [9.17, 15) is 8.78 Å². The number of nitrogens with zero attached hydrogens (tertiary/aromatic N) is 1. The van der Waals surface area contributed by atoms with Crippen LogP contribution in [0.3, 0.4) is 0 Å². The molecule has 0 spiro atoms. The lowest BCUT2D eigenvalue weighted by molar-refractivity contribution is -0.00821. The van der Waals surface area contributed by atoms with Gasteiger partial charge in [0.1, 0.15) is 0 Å². The molecule has 0 aliphatic carbocycles. The molecule has 0 radical (unpaired) electrons. The number of rotatable bonds is 2. The Bertz CT molecular complexity index is 248. The van der Waals surface area contributed by atoms with E-state index in [0.717, 1.165) is 5.56 Å². The van der Waals surface area contributed by atoms with Crippen molar-refractivity contribution in [2.75, 3.05) is 0 Å². The number of halogens is 2. The Morgan fingerprint density at radius 2 is 2.08 bits per heavy atom. The van der Waals surface area contributed by atoms with Crippen LogP contribution < -0.4 is 0 Å². The minimum atomic E-state index is -2.78. The van der Waals surface area contributed by atoms with Gasteiger partial charge in [-0.3, -0.25) is 4.98 Å². The summed E-state index contributed by atoms with van der Waals surface area (Å²) in [5.74, 6) is 0. The summed E-state index contributed by atoms with van der Waals surface area (Å²) in [4.78, 5) is 3.67. The van der Waals surface area contributed by atoms with Gasteiger partial charge >= 0.3 is 0 Å². The molecule has 0 bridgehead atoms. The maximum absolute atomic E-state index is 11.9. The van der Waals surface area contributed by atoms with E-state index in [-0.39, 0.29) is 5.69 Å². The molecule has 0 saturated heterocycles. The second-order valence-electron chi connectivity index (χ2n) is 2.54. The topological polar surface area (TPSA) is 33.1 Å². The van der Waals surface area contributed by atoms with Gasteiger partial charge in [-0.05, 0) is 18.6 Å². The van der Waals surface area contributed by atoms with Crippen LogP contribution in [0.5, 0.6) is 0 Å². The maximum atomic E-state index is 11.9. The molecule has 0 aromatic carbocycles. The third kappa shape index (κ3) is 1.98. The Kier molecular flexibility index (Phi) is 2.70. The third-order valence-electron chi connectivity index (χ3n) is 1.48. The van der Waals surface area contributed by atoms with E-state index < -0.39 is 12.5 Å². The van der Waals surface area contributed by atoms with Crippen molar-refractivity contribution >= 4 is 0 Å². The van der Waals surface area contributed by atoms with Crippen molar-refractivity contribution in [3.8, 4) is 0 Å². The molecule has 0 fully saturated rings. The minimum absolute atomic E-state index is 0.00981. The summed E-state index contributed by atoms with van der Waals surface area (Å²) >= 11 is 0. The molecular formula is C8H9F2NO. The van der Waals surface area contributed by atoms with Crippen molar-refractivity contribution in [3.05, 3.63) is 29.6 Å². The lowest BCUT2D eigenvalue weighted by Crippen LogP contribution is -2.09. The van der Waals surface area contributed by atoms with E-state index in [1.165, 1.54) is 12.3 Å². The molecule has 66 valence electrons. The first-order chi connectivity index (χ1) is 5.61. The second-order valence-corrected chi connectivity index (χ2v) is 2.54. The number of aromatic nitrogens is 1. The number of hydrogen-bond donors (Lipinski definition) is 1. The van der Waals surface area contributed by atoms with Gasteiger partial charge in [-0.1, -0.05) is 6.07 Å². The molecule has 1 aromatic rings. The fourth-order valence-corrected chi connectivity index (χ4v) is 0.783. The fraction of sp³-hybridized carbons (Fsp3) is 0.375. The number of aliphatic hydroxyl groups is 1. The molecule has 0 saturated carbocycles. The summed E-state index contributed by atoms with van der Waals surface area (Å²) < 4.78 is 23.8. The molecule has 4 heteroatoms. The summed E-state index contributed by atoms with van der Waals surface area (Å²) in [6.45, 7) is 1.80. The van der Waals surface area contributed by atoms with Crippen LogP contribution in [0.1, 0.15) is 17.4 Å². The normalized spacial score (nSPS) is 13.4. The summed E-state index contributed by atoms with van der Waals surface area (Å²) in [6.07, 6.45) is -3.10. The first-order valence-corrected chi connectivity index (χ1v) is 3.50. The molecule has 1 rings (SSSR count). The smallest absolute Gasteiger partial charge is 0.269 e. The van der Waals surface area contributed by atoms with Gasteiger partial charge in [-0.2, -0.15) is 0 Å². The Labute approximate surface area is 68.9 Å². The van der Waals surface area contributed by atoms with Crippen LogP contribution in [-0.2, 0) is 0 Å². The van der Waals surface area contributed by atoms with Crippen molar-refractivity contribution in [3.63, 3.8) is 0 Å². The van der Waals surface area contributed by atoms with E-state index in [2.05, 4.69) is 4.98 Å². The first kappa shape index (κ1) is 9.06. The first-order valence-electron chi connectivity index (χ1n) is 3.50. The van der Waals surface area contributed by atoms with Crippen LogP contribution in [0.15, 0.2) is 18.3 Å². The van der Waals surface area contributed by atoms with Gasteiger partial charge in [0, 0.05) is 6.20 Å². The van der Waals surface area contributed by atoms with E-state index >= 15 is 0 Å². The SMILES string of the molecule is Cc1ccc(C(O)C(F)F)nc1. The standard InChI is InChI=1S/C8H9F2NO/c1-5-2-3-6(11-4-5)7(12)8(9)10/h2-4,7-8,12H,1H3. The molecule has 12 heavy (non-hydrogen) atoms. The maximum Gasteiger partial charge on any atom is 0.269 e.